The molecule has 2 N–H and O–H groups in total. The molecule has 154 valence electrons. The number of halogens is 1. The van der Waals surface area contributed by atoms with Crippen LogP contribution in [-0.2, 0) is 11.3 Å². The van der Waals surface area contributed by atoms with Gasteiger partial charge in [-0.25, -0.2) is 4.39 Å². The van der Waals surface area contributed by atoms with Gasteiger partial charge in [-0.2, -0.15) is 0 Å². The van der Waals surface area contributed by atoms with Crippen LogP contribution in [0.2, 0.25) is 0 Å². The number of ether oxygens (including phenoxy) is 1. The second kappa shape index (κ2) is 9.69. The van der Waals surface area contributed by atoms with Gasteiger partial charge in [-0.3, -0.25) is 9.59 Å². The Morgan fingerprint density at radius 3 is 2.47 bits per heavy atom. The zero-order valence-corrected chi connectivity index (χ0v) is 16.9. The summed E-state index contributed by atoms with van der Waals surface area (Å²) in [5, 5.41) is 5.56. The van der Waals surface area contributed by atoms with Gasteiger partial charge in [0.25, 0.3) is 11.8 Å². The van der Waals surface area contributed by atoms with Crippen molar-refractivity contribution in [1.82, 2.24) is 5.32 Å². The third-order valence-electron chi connectivity index (χ3n) is 4.47. The van der Waals surface area contributed by atoms with Crippen LogP contribution in [0.3, 0.4) is 0 Å². The average Bonchev–Trinajstić information content (AvgIpc) is 2.72. The molecule has 0 unspecified atom stereocenters. The molecule has 30 heavy (non-hydrogen) atoms. The Hall–Kier alpha value is -3.67. The Morgan fingerprint density at radius 2 is 1.73 bits per heavy atom. The van der Waals surface area contributed by atoms with E-state index in [1.807, 2.05) is 38.1 Å². The van der Waals surface area contributed by atoms with Gasteiger partial charge in [-0.1, -0.05) is 29.8 Å². The summed E-state index contributed by atoms with van der Waals surface area (Å²) in [6.07, 6.45) is 0. The number of carbonyl (C=O) groups excluding carboxylic acids is 2. The highest BCUT2D eigenvalue weighted by atomic mass is 19.1. The molecule has 3 aromatic carbocycles. The van der Waals surface area contributed by atoms with Crippen LogP contribution in [0.5, 0.6) is 5.75 Å². The van der Waals surface area contributed by atoms with E-state index in [9.17, 15) is 14.0 Å². The summed E-state index contributed by atoms with van der Waals surface area (Å²) < 4.78 is 18.6. The molecule has 3 aromatic rings. The van der Waals surface area contributed by atoms with Gasteiger partial charge in [-0.05, 0) is 67.4 Å². The molecule has 0 heterocycles. The number of aryl methyl sites for hydroxylation is 2. The molecule has 0 spiro atoms. The van der Waals surface area contributed by atoms with E-state index in [0.717, 1.165) is 16.7 Å². The first-order chi connectivity index (χ1) is 14.4. The number of amides is 2. The minimum absolute atomic E-state index is 0.0785. The highest BCUT2D eigenvalue weighted by Gasteiger charge is 2.08. The predicted molar refractivity (Wildman–Crippen MR) is 114 cm³/mol. The molecule has 0 aliphatic rings. The Kier molecular flexibility index (Phi) is 6.80. The van der Waals surface area contributed by atoms with E-state index in [-0.39, 0.29) is 18.4 Å². The summed E-state index contributed by atoms with van der Waals surface area (Å²) in [5.74, 6) is -0.291. The van der Waals surface area contributed by atoms with E-state index < -0.39 is 5.82 Å². The third-order valence-corrected chi connectivity index (χ3v) is 4.47. The fourth-order valence-electron chi connectivity index (χ4n) is 2.92. The van der Waals surface area contributed by atoms with E-state index in [1.54, 1.807) is 18.2 Å². The van der Waals surface area contributed by atoms with Crippen LogP contribution in [0.25, 0.3) is 0 Å². The van der Waals surface area contributed by atoms with E-state index in [2.05, 4.69) is 10.6 Å². The summed E-state index contributed by atoms with van der Waals surface area (Å²) in [7, 11) is 0. The first-order valence-corrected chi connectivity index (χ1v) is 9.53. The maximum atomic E-state index is 13.0. The molecule has 3 rings (SSSR count). The number of rotatable bonds is 7. The standard InChI is InChI=1S/C24H23FN2O3/c1-16-6-11-22(17(2)12-16)30-15-23(28)26-14-18-4-3-5-21(13-18)27-24(29)19-7-9-20(25)10-8-19/h3-13H,14-15H2,1-2H3,(H,26,28)(H,27,29). The number of anilines is 1. The lowest BCUT2D eigenvalue weighted by molar-refractivity contribution is -0.123. The second-order valence-corrected chi connectivity index (χ2v) is 7.00. The Balaban J connectivity index is 1.51. The van der Waals surface area contributed by atoms with Gasteiger partial charge in [0.15, 0.2) is 6.61 Å². The molecule has 0 aliphatic carbocycles. The smallest absolute Gasteiger partial charge is 0.258 e. The van der Waals surface area contributed by atoms with Crippen LogP contribution >= 0.6 is 0 Å². The van der Waals surface area contributed by atoms with Gasteiger partial charge >= 0.3 is 0 Å². The van der Waals surface area contributed by atoms with Gasteiger partial charge in [0.1, 0.15) is 11.6 Å². The normalized spacial score (nSPS) is 10.4. The van der Waals surface area contributed by atoms with Crippen molar-refractivity contribution in [3.63, 3.8) is 0 Å². The summed E-state index contributed by atoms with van der Waals surface area (Å²) in [5.41, 5.74) is 3.89. The van der Waals surface area contributed by atoms with Crippen LogP contribution in [-0.4, -0.2) is 18.4 Å². The van der Waals surface area contributed by atoms with Crippen LogP contribution < -0.4 is 15.4 Å². The molecule has 6 heteroatoms. The number of nitrogens with one attached hydrogen (secondary N) is 2. The number of hydrogen-bond acceptors (Lipinski definition) is 3. The van der Waals surface area contributed by atoms with Gasteiger partial charge in [0.2, 0.25) is 0 Å². The summed E-state index contributed by atoms with van der Waals surface area (Å²) >= 11 is 0. The first kappa shape index (κ1) is 21.0. The highest BCUT2D eigenvalue weighted by Crippen LogP contribution is 2.18. The first-order valence-electron chi connectivity index (χ1n) is 9.53. The van der Waals surface area contributed by atoms with Gasteiger partial charge in [0, 0.05) is 17.8 Å². The van der Waals surface area contributed by atoms with Gasteiger partial charge < -0.3 is 15.4 Å². The quantitative estimate of drug-likeness (QED) is 0.612. The number of carbonyl (C=O) groups is 2. The summed E-state index contributed by atoms with van der Waals surface area (Å²) in [6.45, 7) is 4.16. The summed E-state index contributed by atoms with van der Waals surface area (Å²) in [6, 6.07) is 18.3. The Labute approximate surface area is 174 Å². The average molecular weight is 406 g/mol. The zero-order valence-electron chi connectivity index (χ0n) is 16.9. The van der Waals surface area contributed by atoms with Gasteiger partial charge in [-0.15, -0.1) is 0 Å². The molecule has 0 aliphatic heterocycles. The zero-order chi connectivity index (χ0) is 21.5. The maximum Gasteiger partial charge on any atom is 0.258 e. The van der Waals surface area contributed by atoms with Crippen molar-refractivity contribution < 1.29 is 18.7 Å². The van der Waals surface area contributed by atoms with Crippen LogP contribution in [0.1, 0.15) is 27.0 Å². The van der Waals surface area contributed by atoms with Crippen LogP contribution in [0, 0.1) is 19.7 Å². The largest absolute Gasteiger partial charge is 0.484 e. The fraction of sp³-hybridized carbons (Fsp3) is 0.167. The highest BCUT2D eigenvalue weighted by molar-refractivity contribution is 6.04. The van der Waals surface area contributed by atoms with E-state index in [0.29, 0.717) is 23.5 Å². The lowest BCUT2D eigenvalue weighted by Gasteiger charge is -2.11. The number of hydrogen-bond donors (Lipinski definition) is 2. The van der Waals surface area contributed by atoms with Crippen molar-refractivity contribution in [3.8, 4) is 5.75 Å². The lowest BCUT2D eigenvalue weighted by atomic mass is 10.1. The SMILES string of the molecule is Cc1ccc(OCC(=O)NCc2cccc(NC(=O)c3ccc(F)cc3)c2)c(C)c1. The monoisotopic (exact) mass is 406 g/mol. The molecule has 0 saturated heterocycles. The third kappa shape index (κ3) is 5.91. The maximum absolute atomic E-state index is 13.0. The van der Waals surface area contributed by atoms with Crippen molar-refractivity contribution in [3.05, 3.63) is 94.8 Å². The van der Waals surface area contributed by atoms with Crippen molar-refractivity contribution in [2.45, 2.75) is 20.4 Å². The van der Waals surface area contributed by atoms with Crippen LogP contribution in [0.4, 0.5) is 10.1 Å². The van der Waals surface area contributed by atoms with E-state index in [4.69, 9.17) is 4.74 Å². The molecule has 0 fully saturated rings. The predicted octanol–water partition coefficient (Wildman–Crippen LogP) is 4.39. The fourth-order valence-corrected chi connectivity index (χ4v) is 2.92. The Bertz CT molecular complexity index is 1050. The summed E-state index contributed by atoms with van der Waals surface area (Å²) in [4.78, 5) is 24.4. The molecule has 0 atom stereocenters. The minimum atomic E-state index is -0.397. The molecule has 2 amide bonds. The van der Waals surface area contributed by atoms with Crippen LogP contribution in [0.15, 0.2) is 66.7 Å². The van der Waals surface area contributed by atoms with E-state index in [1.165, 1.54) is 24.3 Å². The molecule has 0 radical (unpaired) electrons. The molecule has 0 bridgehead atoms. The van der Waals surface area contributed by atoms with Crippen molar-refractivity contribution in [2.24, 2.45) is 0 Å². The van der Waals surface area contributed by atoms with Crippen molar-refractivity contribution in [2.75, 3.05) is 11.9 Å². The molecular weight excluding hydrogens is 383 g/mol. The molecule has 0 saturated carbocycles. The van der Waals surface area contributed by atoms with Crippen molar-refractivity contribution in [1.29, 1.82) is 0 Å². The lowest BCUT2D eigenvalue weighted by Crippen LogP contribution is -2.28. The molecule has 0 aromatic heterocycles. The Morgan fingerprint density at radius 1 is 0.967 bits per heavy atom. The van der Waals surface area contributed by atoms with Crippen molar-refractivity contribution >= 4 is 17.5 Å². The minimum Gasteiger partial charge on any atom is -0.484 e. The molecule has 5 nitrogen and oxygen atoms in total. The van der Waals surface area contributed by atoms with Gasteiger partial charge in [0.05, 0.1) is 0 Å². The number of benzene rings is 3. The topological polar surface area (TPSA) is 67.4 Å². The van der Waals surface area contributed by atoms with E-state index >= 15 is 0 Å². The second-order valence-electron chi connectivity index (χ2n) is 7.00. The molecular formula is C24H23FN2O3.